The fourth-order valence-electron chi connectivity index (χ4n) is 1.88. The molecule has 0 fully saturated rings. The normalized spacial score (nSPS) is 12.3. The zero-order valence-electron chi connectivity index (χ0n) is 12.2. The Hall–Kier alpha value is -1.39. The van der Waals surface area contributed by atoms with E-state index >= 15 is 0 Å². The molecule has 0 bridgehead atoms. The van der Waals surface area contributed by atoms with Gasteiger partial charge in [0.1, 0.15) is 0 Å². The quantitative estimate of drug-likeness (QED) is 0.648. The summed E-state index contributed by atoms with van der Waals surface area (Å²) in [6.07, 6.45) is 0.00911. The van der Waals surface area contributed by atoms with Gasteiger partial charge in [-0.15, -0.1) is 0 Å². The largest absolute Gasteiger partial charge is 0.469 e. The highest BCUT2D eigenvalue weighted by atomic mass is 35.5. The van der Waals surface area contributed by atoms with Crippen molar-refractivity contribution < 1.29 is 14.3 Å². The van der Waals surface area contributed by atoms with Crippen molar-refractivity contribution >= 4 is 23.4 Å². The van der Waals surface area contributed by atoms with Gasteiger partial charge >= 0.3 is 5.97 Å². The van der Waals surface area contributed by atoms with Crippen LogP contribution in [0, 0.1) is 6.92 Å². The van der Waals surface area contributed by atoms with Crippen molar-refractivity contribution in [2.24, 2.45) is 0 Å². The van der Waals surface area contributed by atoms with Gasteiger partial charge in [0.05, 0.1) is 19.6 Å². The van der Waals surface area contributed by atoms with E-state index in [1.165, 1.54) is 7.11 Å². The van der Waals surface area contributed by atoms with E-state index in [4.69, 9.17) is 11.6 Å². The standard InChI is InChI=1S/C15H20ClNO3/c1-9(2)17-13(8-14(18)20-4)15(19)11-5-6-12(16)10(3)7-11/h5-7,9,13,17H,8H2,1-4H3. The van der Waals surface area contributed by atoms with Crippen molar-refractivity contribution in [2.75, 3.05) is 7.11 Å². The van der Waals surface area contributed by atoms with Crippen LogP contribution in [0.4, 0.5) is 0 Å². The molecule has 0 saturated carbocycles. The molecule has 1 unspecified atom stereocenters. The van der Waals surface area contributed by atoms with Crippen LogP contribution in [-0.4, -0.2) is 30.9 Å². The highest BCUT2D eigenvalue weighted by molar-refractivity contribution is 6.31. The van der Waals surface area contributed by atoms with Gasteiger partial charge in [-0.25, -0.2) is 0 Å². The minimum absolute atomic E-state index is 0.00911. The summed E-state index contributed by atoms with van der Waals surface area (Å²) in [7, 11) is 1.31. The van der Waals surface area contributed by atoms with E-state index in [-0.39, 0.29) is 18.2 Å². The number of hydrogen-bond donors (Lipinski definition) is 1. The summed E-state index contributed by atoms with van der Waals surface area (Å²) in [6, 6.07) is 4.58. The molecule has 5 heteroatoms. The predicted molar refractivity (Wildman–Crippen MR) is 79.2 cm³/mol. The number of esters is 1. The molecule has 0 aliphatic rings. The van der Waals surface area contributed by atoms with Crippen molar-refractivity contribution in [2.45, 2.75) is 39.3 Å². The predicted octanol–water partition coefficient (Wildman–Crippen LogP) is 2.76. The van der Waals surface area contributed by atoms with Gasteiger partial charge in [-0.3, -0.25) is 9.59 Å². The molecule has 0 radical (unpaired) electrons. The first-order valence-corrected chi connectivity index (χ1v) is 6.86. The Kier molecular flexibility index (Phi) is 6.17. The summed E-state index contributed by atoms with van der Waals surface area (Å²) in [5.41, 5.74) is 1.37. The maximum atomic E-state index is 12.5. The third-order valence-electron chi connectivity index (χ3n) is 2.89. The lowest BCUT2D eigenvalue weighted by molar-refractivity contribution is -0.141. The smallest absolute Gasteiger partial charge is 0.307 e. The Morgan fingerprint density at radius 3 is 2.50 bits per heavy atom. The number of ketones is 1. The molecule has 1 rings (SSSR count). The Morgan fingerprint density at radius 2 is 2.00 bits per heavy atom. The van der Waals surface area contributed by atoms with E-state index < -0.39 is 12.0 Å². The Morgan fingerprint density at radius 1 is 1.35 bits per heavy atom. The van der Waals surface area contributed by atoms with Crippen molar-refractivity contribution in [3.63, 3.8) is 0 Å². The first-order chi connectivity index (χ1) is 9.35. The number of nitrogens with one attached hydrogen (secondary N) is 1. The topological polar surface area (TPSA) is 55.4 Å². The monoisotopic (exact) mass is 297 g/mol. The van der Waals surface area contributed by atoms with Gasteiger partial charge < -0.3 is 10.1 Å². The molecule has 1 N–H and O–H groups in total. The molecule has 0 aromatic heterocycles. The van der Waals surface area contributed by atoms with Gasteiger partial charge in [0.15, 0.2) is 5.78 Å². The number of Topliss-reactive ketones (excluding diaryl/α,β-unsaturated/α-hetero) is 1. The summed E-state index contributed by atoms with van der Waals surface area (Å²) in [5.74, 6) is -0.550. The molecule has 1 atom stereocenters. The average Bonchev–Trinajstić information content (AvgIpc) is 2.39. The molecule has 0 saturated heterocycles. The van der Waals surface area contributed by atoms with Gasteiger partial charge in [0.25, 0.3) is 0 Å². The molecule has 110 valence electrons. The number of carbonyl (C=O) groups excluding carboxylic acids is 2. The third kappa shape index (κ3) is 4.62. The summed E-state index contributed by atoms with van der Waals surface area (Å²) in [4.78, 5) is 23.9. The summed E-state index contributed by atoms with van der Waals surface area (Å²) >= 11 is 5.95. The molecular formula is C15H20ClNO3. The molecule has 0 aliphatic heterocycles. The van der Waals surface area contributed by atoms with Crippen molar-refractivity contribution in [1.82, 2.24) is 5.32 Å². The zero-order chi connectivity index (χ0) is 15.3. The van der Waals surface area contributed by atoms with Gasteiger partial charge in [-0.05, 0) is 30.7 Å². The Bertz CT molecular complexity index is 500. The molecule has 1 aromatic rings. The highest BCUT2D eigenvalue weighted by Gasteiger charge is 2.24. The van der Waals surface area contributed by atoms with Gasteiger partial charge in [-0.1, -0.05) is 25.4 Å². The van der Waals surface area contributed by atoms with Crippen molar-refractivity contribution in [1.29, 1.82) is 0 Å². The number of methoxy groups -OCH3 is 1. The first kappa shape index (κ1) is 16.7. The number of hydrogen-bond acceptors (Lipinski definition) is 4. The number of halogens is 1. The van der Waals surface area contributed by atoms with Crippen LogP contribution < -0.4 is 5.32 Å². The van der Waals surface area contributed by atoms with Crippen LogP contribution in [-0.2, 0) is 9.53 Å². The third-order valence-corrected chi connectivity index (χ3v) is 3.32. The second-order valence-corrected chi connectivity index (χ2v) is 5.39. The Labute approximate surface area is 124 Å². The summed E-state index contributed by atoms with van der Waals surface area (Å²) < 4.78 is 4.64. The Balaban J connectivity index is 2.96. The molecule has 0 amide bonds. The van der Waals surface area contributed by atoms with Crippen LogP contribution >= 0.6 is 11.6 Å². The van der Waals surface area contributed by atoms with E-state index in [1.807, 2.05) is 20.8 Å². The molecule has 1 aromatic carbocycles. The summed E-state index contributed by atoms with van der Waals surface area (Å²) in [5, 5.41) is 3.71. The van der Waals surface area contributed by atoms with Crippen LogP contribution in [0.2, 0.25) is 5.02 Å². The van der Waals surface area contributed by atoms with Crippen LogP contribution in [0.1, 0.15) is 36.2 Å². The number of carbonyl (C=O) groups is 2. The fourth-order valence-corrected chi connectivity index (χ4v) is 2.00. The number of rotatable bonds is 6. The van der Waals surface area contributed by atoms with E-state index in [0.717, 1.165) is 5.56 Å². The van der Waals surface area contributed by atoms with E-state index in [1.54, 1.807) is 18.2 Å². The van der Waals surface area contributed by atoms with Gasteiger partial charge in [0.2, 0.25) is 0 Å². The maximum absolute atomic E-state index is 12.5. The maximum Gasteiger partial charge on any atom is 0.307 e. The van der Waals surface area contributed by atoms with E-state index in [2.05, 4.69) is 10.1 Å². The lowest BCUT2D eigenvalue weighted by Gasteiger charge is -2.19. The fraction of sp³-hybridized carbons (Fsp3) is 0.467. The van der Waals surface area contributed by atoms with Gasteiger partial charge in [0, 0.05) is 16.6 Å². The molecule has 20 heavy (non-hydrogen) atoms. The van der Waals surface area contributed by atoms with Crippen molar-refractivity contribution in [3.8, 4) is 0 Å². The van der Waals surface area contributed by atoms with Crippen LogP contribution in [0.15, 0.2) is 18.2 Å². The van der Waals surface area contributed by atoms with Gasteiger partial charge in [-0.2, -0.15) is 0 Å². The zero-order valence-corrected chi connectivity index (χ0v) is 13.0. The summed E-state index contributed by atoms with van der Waals surface area (Å²) in [6.45, 7) is 5.68. The SMILES string of the molecule is COC(=O)CC(NC(C)C)C(=O)c1ccc(Cl)c(C)c1. The molecule has 0 aliphatic carbocycles. The second-order valence-electron chi connectivity index (χ2n) is 4.98. The first-order valence-electron chi connectivity index (χ1n) is 6.48. The van der Waals surface area contributed by atoms with Crippen LogP contribution in [0.25, 0.3) is 0 Å². The minimum atomic E-state index is -0.594. The lowest BCUT2D eigenvalue weighted by Crippen LogP contribution is -2.42. The molecule has 4 nitrogen and oxygen atoms in total. The molecule has 0 heterocycles. The molecule has 0 spiro atoms. The minimum Gasteiger partial charge on any atom is -0.469 e. The van der Waals surface area contributed by atoms with E-state index in [0.29, 0.717) is 10.6 Å². The molecular weight excluding hydrogens is 278 g/mol. The highest BCUT2D eigenvalue weighted by Crippen LogP contribution is 2.18. The van der Waals surface area contributed by atoms with E-state index in [9.17, 15) is 9.59 Å². The van der Waals surface area contributed by atoms with Crippen LogP contribution in [0.5, 0.6) is 0 Å². The average molecular weight is 298 g/mol. The van der Waals surface area contributed by atoms with Crippen molar-refractivity contribution in [3.05, 3.63) is 34.3 Å². The van der Waals surface area contributed by atoms with Crippen LogP contribution in [0.3, 0.4) is 0 Å². The number of ether oxygens (including phenoxy) is 1. The number of benzene rings is 1. The second kappa shape index (κ2) is 7.41. The lowest BCUT2D eigenvalue weighted by atomic mass is 9.99. The number of aryl methyl sites for hydroxylation is 1.